The topological polar surface area (TPSA) is 81.5 Å². The van der Waals surface area contributed by atoms with E-state index in [1.54, 1.807) is 50.0 Å². The van der Waals surface area contributed by atoms with E-state index in [2.05, 4.69) is 4.98 Å². The van der Waals surface area contributed by atoms with Crippen molar-refractivity contribution in [2.75, 3.05) is 6.54 Å². The quantitative estimate of drug-likeness (QED) is 0.570. The van der Waals surface area contributed by atoms with E-state index in [1.165, 1.54) is 4.90 Å². The Balaban J connectivity index is 0.00000145. The van der Waals surface area contributed by atoms with Gasteiger partial charge in [-0.15, -0.1) is 0 Å². The molecular weight excluding hydrogens is 370 g/mol. The summed E-state index contributed by atoms with van der Waals surface area (Å²) in [7, 11) is 0. The number of ether oxygens (including phenoxy) is 1. The van der Waals surface area contributed by atoms with Crippen molar-refractivity contribution in [2.45, 2.75) is 54.2 Å². The van der Waals surface area contributed by atoms with Crippen LogP contribution in [0.25, 0.3) is 0 Å². The SMILES string of the molecule is CC.CC(C)(C)C(=O)OCn1cnc(CCN2C(=O)Cc3ccccc3C2=O)c1. The number of imidazole rings is 1. The van der Waals surface area contributed by atoms with Gasteiger partial charge in [-0.25, -0.2) is 4.98 Å². The van der Waals surface area contributed by atoms with E-state index in [1.807, 2.05) is 26.0 Å². The monoisotopic (exact) mass is 399 g/mol. The highest BCUT2D eigenvalue weighted by molar-refractivity contribution is 6.09. The molecule has 7 heteroatoms. The third-order valence-corrected chi connectivity index (χ3v) is 4.37. The average molecular weight is 399 g/mol. The van der Waals surface area contributed by atoms with Gasteiger partial charge in [-0.05, 0) is 32.4 Å². The van der Waals surface area contributed by atoms with Gasteiger partial charge < -0.3 is 9.30 Å². The lowest BCUT2D eigenvalue weighted by molar-refractivity contribution is -0.157. The van der Waals surface area contributed by atoms with Gasteiger partial charge in [-0.1, -0.05) is 32.0 Å². The summed E-state index contributed by atoms with van der Waals surface area (Å²) in [5, 5.41) is 0. The molecule has 1 aromatic heterocycles. The van der Waals surface area contributed by atoms with Gasteiger partial charge in [-0.2, -0.15) is 0 Å². The minimum absolute atomic E-state index is 0.0814. The highest BCUT2D eigenvalue weighted by Crippen LogP contribution is 2.20. The Morgan fingerprint density at radius 1 is 1.17 bits per heavy atom. The second kappa shape index (κ2) is 9.49. The third-order valence-electron chi connectivity index (χ3n) is 4.37. The molecule has 0 saturated carbocycles. The highest BCUT2D eigenvalue weighted by atomic mass is 16.5. The molecule has 1 aliphatic heterocycles. The standard InChI is InChI=1S/C20H23N3O4.C2H6/c1-20(2,3)19(26)27-13-22-11-15(21-12-22)8-9-23-17(24)10-14-6-4-5-7-16(14)18(23)25;1-2/h4-7,11-12H,8-10,13H2,1-3H3;1-2H3. The number of aromatic nitrogens is 2. The molecule has 2 amide bonds. The van der Waals surface area contributed by atoms with Crippen LogP contribution in [-0.4, -0.2) is 38.8 Å². The van der Waals surface area contributed by atoms with E-state index in [-0.39, 0.29) is 37.5 Å². The van der Waals surface area contributed by atoms with Gasteiger partial charge >= 0.3 is 5.97 Å². The predicted octanol–water partition coefficient (Wildman–Crippen LogP) is 3.22. The van der Waals surface area contributed by atoms with Gasteiger partial charge in [0.2, 0.25) is 5.91 Å². The zero-order valence-electron chi connectivity index (χ0n) is 17.8. The van der Waals surface area contributed by atoms with Crippen LogP contribution in [0, 0.1) is 5.41 Å². The van der Waals surface area contributed by atoms with Gasteiger partial charge in [0.25, 0.3) is 5.91 Å². The summed E-state index contributed by atoms with van der Waals surface area (Å²) in [6.07, 6.45) is 4.00. The number of benzene rings is 1. The molecule has 1 aromatic carbocycles. The van der Waals surface area contributed by atoms with E-state index in [4.69, 9.17) is 4.74 Å². The van der Waals surface area contributed by atoms with Crippen LogP contribution in [0.4, 0.5) is 0 Å². The summed E-state index contributed by atoms with van der Waals surface area (Å²) in [4.78, 5) is 42.2. The molecule has 0 atom stereocenters. The minimum atomic E-state index is -0.561. The van der Waals surface area contributed by atoms with Gasteiger partial charge in [-0.3, -0.25) is 19.3 Å². The second-order valence-corrected chi connectivity index (χ2v) is 7.62. The molecule has 2 aromatic rings. The summed E-state index contributed by atoms with van der Waals surface area (Å²) in [5.74, 6) is -0.751. The normalized spacial score (nSPS) is 13.5. The summed E-state index contributed by atoms with van der Waals surface area (Å²) in [6, 6.07) is 7.18. The number of carbonyl (C=O) groups is 3. The van der Waals surface area contributed by atoms with Crippen LogP contribution in [0.5, 0.6) is 0 Å². The van der Waals surface area contributed by atoms with Crippen LogP contribution >= 0.6 is 0 Å². The molecule has 0 spiro atoms. The number of carbonyl (C=O) groups excluding carboxylic acids is 3. The van der Waals surface area contributed by atoms with Gasteiger partial charge in [0, 0.05) is 24.7 Å². The molecule has 0 aliphatic carbocycles. The van der Waals surface area contributed by atoms with Crippen molar-refractivity contribution in [3.8, 4) is 0 Å². The molecule has 2 heterocycles. The average Bonchev–Trinajstić information content (AvgIpc) is 3.14. The van der Waals surface area contributed by atoms with Crippen LogP contribution in [0.15, 0.2) is 36.8 Å². The number of hydrogen-bond donors (Lipinski definition) is 0. The Kier molecular flexibility index (Phi) is 7.31. The van der Waals surface area contributed by atoms with Crippen LogP contribution in [-0.2, 0) is 33.9 Å². The highest BCUT2D eigenvalue weighted by Gasteiger charge is 2.30. The second-order valence-electron chi connectivity index (χ2n) is 7.62. The largest absolute Gasteiger partial charge is 0.443 e. The van der Waals surface area contributed by atoms with Crippen LogP contribution in [0.1, 0.15) is 56.2 Å². The maximum atomic E-state index is 12.5. The smallest absolute Gasteiger partial charge is 0.312 e. The van der Waals surface area contributed by atoms with Gasteiger partial charge in [0.05, 0.1) is 23.9 Å². The van der Waals surface area contributed by atoms with Crippen LogP contribution in [0.3, 0.4) is 0 Å². The summed E-state index contributed by atoms with van der Waals surface area (Å²) < 4.78 is 6.90. The Hall–Kier alpha value is -2.96. The van der Waals surface area contributed by atoms with E-state index in [0.29, 0.717) is 12.0 Å². The molecular formula is C22H29N3O4. The lowest BCUT2D eigenvalue weighted by Crippen LogP contribution is -2.43. The fourth-order valence-electron chi connectivity index (χ4n) is 2.81. The zero-order valence-corrected chi connectivity index (χ0v) is 17.8. The van der Waals surface area contributed by atoms with Crippen molar-refractivity contribution in [1.82, 2.24) is 14.5 Å². The number of rotatable bonds is 5. The number of amides is 2. The molecule has 3 rings (SSSR count). The zero-order chi connectivity index (χ0) is 21.6. The third kappa shape index (κ3) is 5.53. The maximum absolute atomic E-state index is 12.5. The maximum Gasteiger partial charge on any atom is 0.312 e. The Labute approximate surface area is 171 Å². The predicted molar refractivity (Wildman–Crippen MR) is 109 cm³/mol. The fourth-order valence-corrected chi connectivity index (χ4v) is 2.81. The molecule has 0 fully saturated rings. The first-order chi connectivity index (χ1) is 13.8. The number of hydrogen-bond acceptors (Lipinski definition) is 5. The summed E-state index contributed by atoms with van der Waals surface area (Å²) >= 11 is 0. The van der Waals surface area contributed by atoms with Gasteiger partial charge in [0.15, 0.2) is 6.73 Å². The summed E-state index contributed by atoms with van der Waals surface area (Å²) in [5.41, 5.74) is 1.51. The fraction of sp³-hybridized carbons (Fsp3) is 0.455. The van der Waals surface area contributed by atoms with Crippen LogP contribution in [0.2, 0.25) is 0 Å². The molecule has 29 heavy (non-hydrogen) atoms. The first-order valence-electron chi connectivity index (χ1n) is 9.86. The molecule has 156 valence electrons. The van der Waals surface area contributed by atoms with Crippen molar-refractivity contribution in [3.05, 3.63) is 53.6 Å². The summed E-state index contributed by atoms with van der Waals surface area (Å²) in [6.45, 7) is 9.72. The van der Waals surface area contributed by atoms with Gasteiger partial charge in [0.1, 0.15) is 0 Å². The van der Waals surface area contributed by atoms with Crippen molar-refractivity contribution in [3.63, 3.8) is 0 Å². The Morgan fingerprint density at radius 3 is 2.55 bits per heavy atom. The van der Waals surface area contributed by atoms with E-state index in [9.17, 15) is 14.4 Å². The molecule has 0 N–H and O–H groups in total. The lowest BCUT2D eigenvalue weighted by atomic mass is 9.98. The Bertz CT molecular complexity index is 880. The minimum Gasteiger partial charge on any atom is -0.443 e. The van der Waals surface area contributed by atoms with E-state index >= 15 is 0 Å². The molecule has 0 saturated heterocycles. The van der Waals surface area contributed by atoms with Crippen molar-refractivity contribution in [2.24, 2.45) is 5.41 Å². The van der Waals surface area contributed by atoms with Crippen LogP contribution < -0.4 is 0 Å². The van der Waals surface area contributed by atoms with Crippen molar-refractivity contribution >= 4 is 17.8 Å². The number of nitrogens with zero attached hydrogens (tertiary/aromatic N) is 3. The lowest BCUT2D eigenvalue weighted by Gasteiger charge is -2.26. The number of fused-ring (bicyclic) bond motifs is 1. The molecule has 1 aliphatic rings. The molecule has 7 nitrogen and oxygen atoms in total. The molecule has 0 unspecified atom stereocenters. The molecule has 0 bridgehead atoms. The first kappa shape index (κ1) is 22.3. The first-order valence-corrected chi connectivity index (χ1v) is 9.86. The van der Waals surface area contributed by atoms with E-state index in [0.717, 1.165) is 11.3 Å². The number of imide groups is 1. The Morgan fingerprint density at radius 2 is 1.86 bits per heavy atom. The van der Waals surface area contributed by atoms with E-state index < -0.39 is 5.41 Å². The number of esters is 1. The van der Waals surface area contributed by atoms with Crippen molar-refractivity contribution in [1.29, 1.82) is 0 Å². The molecule has 0 radical (unpaired) electrons. The van der Waals surface area contributed by atoms with Crippen molar-refractivity contribution < 1.29 is 19.1 Å².